The van der Waals surface area contributed by atoms with Crippen LogP contribution in [0.2, 0.25) is 0 Å². The van der Waals surface area contributed by atoms with Crippen molar-refractivity contribution in [2.24, 2.45) is 0 Å². The molecule has 1 heterocycles. The van der Waals surface area contributed by atoms with Crippen molar-refractivity contribution < 1.29 is 9.53 Å². The first-order chi connectivity index (χ1) is 9.61. The van der Waals surface area contributed by atoms with Crippen LogP contribution >= 0.6 is 0 Å². The molecule has 3 N–H and O–H groups in total. The van der Waals surface area contributed by atoms with Gasteiger partial charge in [-0.3, -0.25) is 9.69 Å². The lowest BCUT2D eigenvalue weighted by Gasteiger charge is -2.38. The van der Waals surface area contributed by atoms with Gasteiger partial charge in [-0.15, -0.1) is 0 Å². The van der Waals surface area contributed by atoms with Gasteiger partial charge < -0.3 is 15.8 Å². The highest BCUT2D eigenvalue weighted by molar-refractivity contribution is 5.94. The third-order valence-electron chi connectivity index (χ3n) is 3.78. The van der Waals surface area contributed by atoms with E-state index in [1.807, 2.05) is 19.1 Å². The highest BCUT2D eigenvalue weighted by Crippen LogP contribution is 2.17. The van der Waals surface area contributed by atoms with E-state index in [-0.39, 0.29) is 11.9 Å². The van der Waals surface area contributed by atoms with Crippen molar-refractivity contribution in [2.75, 3.05) is 30.8 Å². The monoisotopic (exact) mass is 277 g/mol. The van der Waals surface area contributed by atoms with E-state index in [4.69, 9.17) is 10.5 Å². The van der Waals surface area contributed by atoms with Crippen LogP contribution in [0.15, 0.2) is 24.3 Å². The SMILES string of the molecule is CCC1COCCN1C(C)C(=O)Nc1cccc(N)c1. The van der Waals surface area contributed by atoms with Gasteiger partial charge in [-0.25, -0.2) is 0 Å². The van der Waals surface area contributed by atoms with Crippen LogP contribution < -0.4 is 11.1 Å². The van der Waals surface area contributed by atoms with Crippen molar-refractivity contribution in [2.45, 2.75) is 32.4 Å². The molecule has 5 heteroatoms. The predicted octanol–water partition coefficient (Wildman–Crippen LogP) is 1.71. The molecule has 5 nitrogen and oxygen atoms in total. The minimum atomic E-state index is -0.176. The molecular weight excluding hydrogens is 254 g/mol. The van der Waals surface area contributed by atoms with Gasteiger partial charge in [0.1, 0.15) is 0 Å². The maximum atomic E-state index is 12.4. The fourth-order valence-corrected chi connectivity index (χ4v) is 2.54. The number of nitrogens with zero attached hydrogens (tertiary/aromatic N) is 1. The van der Waals surface area contributed by atoms with Gasteiger partial charge in [0.2, 0.25) is 5.91 Å². The second-order valence-electron chi connectivity index (χ2n) is 5.17. The summed E-state index contributed by atoms with van der Waals surface area (Å²) in [5, 5.41) is 2.92. The van der Waals surface area contributed by atoms with Crippen LogP contribution in [0.25, 0.3) is 0 Å². The maximum Gasteiger partial charge on any atom is 0.241 e. The molecule has 110 valence electrons. The third-order valence-corrected chi connectivity index (χ3v) is 3.78. The first kappa shape index (κ1) is 14.8. The molecular formula is C15H23N3O2. The minimum absolute atomic E-state index is 0.00375. The third kappa shape index (κ3) is 3.49. The zero-order valence-electron chi connectivity index (χ0n) is 12.1. The van der Waals surface area contributed by atoms with Crippen molar-refractivity contribution in [3.8, 4) is 0 Å². The number of hydrogen-bond acceptors (Lipinski definition) is 4. The number of amides is 1. The summed E-state index contributed by atoms with van der Waals surface area (Å²) in [5.41, 5.74) is 7.10. The van der Waals surface area contributed by atoms with Crippen LogP contribution in [-0.4, -0.2) is 42.6 Å². The number of carbonyl (C=O) groups excluding carboxylic acids is 1. The fourth-order valence-electron chi connectivity index (χ4n) is 2.54. The van der Waals surface area contributed by atoms with Crippen LogP contribution in [0.1, 0.15) is 20.3 Å². The molecule has 0 aromatic heterocycles. The average molecular weight is 277 g/mol. The van der Waals surface area contributed by atoms with Gasteiger partial charge in [0.15, 0.2) is 0 Å². The topological polar surface area (TPSA) is 67.6 Å². The maximum absolute atomic E-state index is 12.4. The van der Waals surface area contributed by atoms with E-state index in [9.17, 15) is 4.79 Å². The second-order valence-corrected chi connectivity index (χ2v) is 5.17. The summed E-state index contributed by atoms with van der Waals surface area (Å²) < 4.78 is 5.48. The van der Waals surface area contributed by atoms with E-state index < -0.39 is 0 Å². The number of ether oxygens (including phenoxy) is 1. The van der Waals surface area contributed by atoms with Gasteiger partial charge in [-0.05, 0) is 31.5 Å². The van der Waals surface area contributed by atoms with Crippen molar-refractivity contribution in [3.63, 3.8) is 0 Å². The first-order valence-corrected chi connectivity index (χ1v) is 7.11. The predicted molar refractivity (Wildman–Crippen MR) is 80.6 cm³/mol. The summed E-state index contributed by atoms with van der Waals surface area (Å²) in [6, 6.07) is 7.38. The Morgan fingerprint density at radius 3 is 3.10 bits per heavy atom. The number of carbonyl (C=O) groups is 1. The van der Waals surface area contributed by atoms with E-state index in [0.29, 0.717) is 24.9 Å². The van der Waals surface area contributed by atoms with Crippen molar-refractivity contribution in [1.82, 2.24) is 4.90 Å². The summed E-state index contributed by atoms with van der Waals surface area (Å²) >= 11 is 0. The number of benzene rings is 1. The van der Waals surface area contributed by atoms with Gasteiger partial charge in [-0.1, -0.05) is 13.0 Å². The number of morpholine rings is 1. The molecule has 1 fully saturated rings. The molecule has 1 aromatic rings. The number of nitrogen functional groups attached to an aromatic ring is 1. The fraction of sp³-hybridized carbons (Fsp3) is 0.533. The van der Waals surface area contributed by atoms with E-state index >= 15 is 0 Å². The van der Waals surface area contributed by atoms with Crippen LogP contribution in [0.4, 0.5) is 11.4 Å². The lowest BCUT2D eigenvalue weighted by molar-refractivity contribution is -0.124. The Bertz CT molecular complexity index is 464. The lowest BCUT2D eigenvalue weighted by Crippen LogP contribution is -2.53. The Morgan fingerprint density at radius 1 is 1.60 bits per heavy atom. The number of anilines is 2. The summed E-state index contributed by atoms with van der Waals surface area (Å²) in [6.07, 6.45) is 0.982. The zero-order chi connectivity index (χ0) is 14.5. The molecule has 2 unspecified atom stereocenters. The minimum Gasteiger partial charge on any atom is -0.399 e. The summed E-state index contributed by atoms with van der Waals surface area (Å²) in [7, 11) is 0. The highest BCUT2D eigenvalue weighted by Gasteiger charge is 2.29. The number of hydrogen-bond donors (Lipinski definition) is 2. The Hall–Kier alpha value is -1.59. The average Bonchev–Trinajstić information content (AvgIpc) is 2.46. The molecule has 1 amide bonds. The van der Waals surface area contributed by atoms with E-state index in [0.717, 1.165) is 18.7 Å². The van der Waals surface area contributed by atoms with Crippen LogP contribution in [-0.2, 0) is 9.53 Å². The molecule has 0 radical (unpaired) electrons. The van der Waals surface area contributed by atoms with E-state index in [1.165, 1.54) is 0 Å². The second kappa shape index (κ2) is 6.72. The molecule has 0 saturated carbocycles. The Labute approximate surface area is 120 Å². The van der Waals surface area contributed by atoms with Crippen LogP contribution in [0.3, 0.4) is 0 Å². The molecule has 20 heavy (non-hydrogen) atoms. The van der Waals surface area contributed by atoms with Crippen molar-refractivity contribution in [1.29, 1.82) is 0 Å². The molecule has 2 atom stereocenters. The van der Waals surface area contributed by atoms with Crippen LogP contribution in [0, 0.1) is 0 Å². The number of nitrogens with one attached hydrogen (secondary N) is 1. The quantitative estimate of drug-likeness (QED) is 0.822. The molecule has 2 rings (SSSR count). The lowest BCUT2D eigenvalue weighted by atomic mass is 10.1. The summed E-state index contributed by atoms with van der Waals surface area (Å²) in [4.78, 5) is 14.6. The molecule has 0 bridgehead atoms. The van der Waals surface area contributed by atoms with Crippen molar-refractivity contribution >= 4 is 17.3 Å². The molecule has 0 spiro atoms. The highest BCUT2D eigenvalue weighted by atomic mass is 16.5. The summed E-state index contributed by atoms with van der Waals surface area (Å²) in [6.45, 7) is 6.24. The van der Waals surface area contributed by atoms with Gasteiger partial charge in [0.05, 0.1) is 19.3 Å². The molecule has 1 aliphatic heterocycles. The van der Waals surface area contributed by atoms with Gasteiger partial charge >= 0.3 is 0 Å². The standard InChI is InChI=1S/C15H23N3O2/c1-3-14-10-20-8-7-18(14)11(2)15(19)17-13-6-4-5-12(16)9-13/h4-6,9,11,14H,3,7-8,10,16H2,1-2H3,(H,17,19). The Kier molecular flexibility index (Phi) is 4.98. The van der Waals surface area contributed by atoms with Crippen LogP contribution in [0.5, 0.6) is 0 Å². The zero-order valence-corrected chi connectivity index (χ0v) is 12.1. The number of nitrogens with two attached hydrogens (primary N) is 1. The van der Waals surface area contributed by atoms with Gasteiger partial charge in [0, 0.05) is 24.0 Å². The number of rotatable bonds is 4. The van der Waals surface area contributed by atoms with Gasteiger partial charge in [-0.2, -0.15) is 0 Å². The largest absolute Gasteiger partial charge is 0.399 e. The Morgan fingerprint density at radius 2 is 2.40 bits per heavy atom. The smallest absolute Gasteiger partial charge is 0.241 e. The van der Waals surface area contributed by atoms with Gasteiger partial charge in [0.25, 0.3) is 0 Å². The molecule has 1 aromatic carbocycles. The molecule has 1 aliphatic rings. The summed E-state index contributed by atoms with van der Waals surface area (Å²) in [5.74, 6) is -0.00375. The normalized spacial score (nSPS) is 21.4. The van der Waals surface area contributed by atoms with E-state index in [1.54, 1.807) is 12.1 Å². The van der Waals surface area contributed by atoms with Crippen molar-refractivity contribution in [3.05, 3.63) is 24.3 Å². The first-order valence-electron chi connectivity index (χ1n) is 7.11. The van der Waals surface area contributed by atoms with E-state index in [2.05, 4.69) is 17.1 Å². The molecule has 0 aliphatic carbocycles. The Balaban J connectivity index is 2.00. The molecule has 1 saturated heterocycles.